The van der Waals surface area contributed by atoms with Gasteiger partial charge in [-0.1, -0.05) is 135 Å². The van der Waals surface area contributed by atoms with Gasteiger partial charge in [-0.15, -0.1) is 11.3 Å². The van der Waals surface area contributed by atoms with Crippen molar-refractivity contribution in [1.82, 2.24) is 4.98 Å². The second-order valence-corrected chi connectivity index (χ2v) is 18.2. The number of nitrogens with zero attached hydrogens (tertiary/aromatic N) is 3. The number of hydrogen-bond acceptors (Lipinski definition) is 6. The second kappa shape index (κ2) is 14.3. The Morgan fingerprint density at radius 1 is 0.586 bits per heavy atom. The van der Waals surface area contributed by atoms with Crippen LogP contribution in [-0.2, 0) is 5.41 Å². The minimum atomic E-state index is 0.00324. The van der Waals surface area contributed by atoms with Crippen molar-refractivity contribution in [1.29, 1.82) is 0 Å². The van der Waals surface area contributed by atoms with E-state index in [0.717, 1.165) is 22.2 Å². The number of fused-ring (bicyclic) bond motifs is 4. The van der Waals surface area contributed by atoms with Gasteiger partial charge in [-0.05, 0) is 72.4 Å². The van der Waals surface area contributed by atoms with Crippen molar-refractivity contribution >= 4 is 64.3 Å². The molecule has 0 saturated heterocycles. The molecular weight excluding hydrogens is 747 g/mol. The van der Waals surface area contributed by atoms with Crippen LogP contribution in [0.1, 0.15) is 40.2 Å². The zero-order valence-electron chi connectivity index (χ0n) is 33.3. The fourth-order valence-electron chi connectivity index (χ4n) is 8.34. The van der Waals surface area contributed by atoms with E-state index in [-0.39, 0.29) is 5.41 Å². The Balaban J connectivity index is 1.02. The largest absolute Gasteiger partial charge is 0.447 e. The fraction of sp³-hybridized carbons (Fsp3) is 0.135. The summed E-state index contributed by atoms with van der Waals surface area (Å²) in [4.78, 5) is 9.87. The van der Waals surface area contributed by atoms with Crippen LogP contribution in [0.2, 0.25) is 0 Å². The first-order valence-corrected chi connectivity index (χ1v) is 21.4. The van der Waals surface area contributed by atoms with Crippen LogP contribution < -0.4 is 14.5 Å². The number of hydrogen-bond donors (Lipinski definition) is 0. The monoisotopic (exact) mass is 789 g/mol. The summed E-state index contributed by atoms with van der Waals surface area (Å²) in [5, 5.41) is 4.56. The molecule has 6 heteroatoms. The smallest absolute Gasteiger partial charge is 0.182 e. The van der Waals surface area contributed by atoms with E-state index in [1.165, 1.54) is 80.7 Å². The molecule has 58 heavy (non-hydrogen) atoms. The van der Waals surface area contributed by atoms with Gasteiger partial charge in [0.2, 0.25) is 0 Å². The fourth-order valence-corrected chi connectivity index (χ4v) is 10.5. The molecular formula is C52H43N3OS2. The Morgan fingerprint density at radius 3 is 1.98 bits per heavy atom. The van der Waals surface area contributed by atoms with Crippen LogP contribution in [0.5, 0.6) is 10.8 Å². The third-order valence-corrected chi connectivity index (χ3v) is 13.5. The maximum absolute atomic E-state index is 6.80. The minimum Gasteiger partial charge on any atom is -0.447 e. The summed E-state index contributed by atoms with van der Waals surface area (Å²) in [5.74, 6) is 0.810. The number of ether oxygens (including phenoxy) is 1. The summed E-state index contributed by atoms with van der Waals surface area (Å²) < 4.78 is 10.5. The standard InChI is InChI=1S/C52H43N3OS2/c1-33-34(2)55(51-40(35-16-8-6-9-17-35)23-15-24-41(51)36-18-10-7-11-19-36)32-54(33)38-20-14-21-39(29-38)56-48-30-43-46(58-48)31-47-50(42-22-12-13-25-45(42)57-47)49(43)44-28-37(26-27-53-44)52(3,4)5/h6-31H,32H2,1-5H3. The Kier molecular flexibility index (Phi) is 8.92. The third kappa shape index (κ3) is 6.33. The molecule has 10 rings (SSSR count). The number of allylic oxidation sites excluding steroid dienone is 2. The van der Waals surface area contributed by atoms with E-state index in [2.05, 4.69) is 196 Å². The van der Waals surface area contributed by atoms with Gasteiger partial charge >= 0.3 is 0 Å². The van der Waals surface area contributed by atoms with E-state index in [9.17, 15) is 0 Å². The van der Waals surface area contributed by atoms with Crippen molar-refractivity contribution < 1.29 is 4.74 Å². The zero-order valence-corrected chi connectivity index (χ0v) is 34.9. The highest BCUT2D eigenvalue weighted by Gasteiger charge is 2.30. The molecule has 0 fully saturated rings. The van der Waals surface area contributed by atoms with Crippen LogP contribution in [0.15, 0.2) is 169 Å². The van der Waals surface area contributed by atoms with E-state index in [0.29, 0.717) is 6.67 Å². The van der Waals surface area contributed by atoms with Crippen LogP contribution in [-0.4, -0.2) is 11.7 Å². The van der Waals surface area contributed by atoms with E-state index in [4.69, 9.17) is 9.72 Å². The van der Waals surface area contributed by atoms with Gasteiger partial charge in [0.1, 0.15) is 5.75 Å². The Hall–Kier alpha value is -6.21. The highest BCUT2D eigenvalue weighted by Crippen LogP contribution is 2.49. The van der Waals surface area contributed by atoms with E-state index >= 15 is 0 Å². The summed E-state index contributed by atoms with van der Waals surface area (Å²) in [7, 11) is 0. The normalized spacial score (nSPS) is 13.4. The SMILES string of the molecule is CC1=C(C)N(c2c(-c3ccccc3)cccc2-c2ccccc2)CN1c1cccc(Oc2cc3c(-c4cc(C(C)(C)C)ccn4)c4c(cc3s2)sc2ccccc24)c1. The molecule has 0 bridgehead atoms. The van der Waals surface area contributed by atoms with Crippen LogP contribution in [0.25, 0.3) is 63.8 Å². The summed E-state index contributed by atoms with van der Waals surface area (Å²) in [6.45, 7) is 11.9. The van der Waals surface area contributed by atoms with Crippen molar-refractivity contribution in [2.24, 2.45) is 0 Å². The molecule has 0 N–H and O–H groups in total. The Bertz CT molecular complexity index is 2970. The van der Waals surface area contributed by atoms with E-state index in [1.807, 2.05) is 17.5 Å². The van der Waals surface area contributed by atoms with E-state index < -0.39 is 0 Å². The average Bonchev–Trinajstić information content (AvgIpc) is 3.92. The molecule has 6 aromatic carbocycles. The lowest BCUT2D eigenvalue weighted by atomic mass is 9.86. The van der Waals surface area contributed by atoms with Gasteiger partial charge in [-0.2, -0.15) is 0 Å². The predicted molar refractivity (Wildman–Crippen MR) is 249 cm³/mol. The molecule has 4 heterocycles. The first kappa shape index (κ1) is 36.2. The molecule has 0 amide bonds. The maximum Gasteiger partial charge on any atom is 0.182 e. The lowest BCUT2D eigenvalue weighted by Gasteiger charge is -2.28. The number of aromatic nitrogens is 1. The molecule has 9 aromatic rings. The minimum absolute atomic E-state index is 0.00324. The first-order valence-electron chi connectivity index (χ1n) is 19.8. The van der Waals surface area contributed by atoms with Gasteiger partial charge in [0.05, 0.1) is 18.1 Å². The molecule has 284 valence electrons. The number of thiophene rings is 2. The topological polar surface area (TPSA) is 28.6 Å². The number of anilines is 2. The lowest BCUT2D eigenvalue weighted by molar-refractivity contribution is 0.497. The molecule has 0 aliphatic carbocycles. The van der Waals surface area contributed by atoms with Crippen molar-refractivity contribution in [3.05, 3.63) is 175 Å². The van der Waals surface area contributed by atoms with Crippen molar-refractivity contribution in [3.63, 3.8) is 0 Å². The molecule has 0 radical (unpaired) electrons. The van der Waals surface area contributed by atoms with Crippen molar-refractivity contribution in [3.8, 4) is 44.3 Å². The first-order chi connectivity index (χ1) is 28.2. The highest BCUT2D eigenvalue weighted by atomic mass is 32.1. The Labute approximate surface area is 347 Å². The van der Waals surface area contributed by atoms with Crippen LogP contribution in [0.3, 0.4) is 0 Å². The van der Waals surface area contributed by atoms with Gasteiger partial charge in [-0.3, -0.25) is 4.98 Å². The molecule has 1 aliphatic rings. The quantitative estimate of drug-likeness (QED) is 0.161. The second-order valence-electron chi connectivity index (χ2n) is 16.1. The summed E-state index contributed by atoms with van der Waals surface area (Å²) >= 11 is 3.54. The lowest BCUT2D eigenvalue weighted by Crippen LogP contribution is -2.27. The number of para-hydroxylation sites is 1. The zero-order chi connectivity index (χ0) is 39.5. The molecule has 1 aliphatic heterocycles. The van der Waals surface area contributed by atoms with Crippen molar-refractivity contribution in [2.45, 2.75) is 40.0 Å². The maximum atomic E-state index is 6.80. The summed E-state index contributed by atoms with van der Waals surface area (Å²) in [5.41, 5.74) is 13.0. The number of benzene rings is 6. The molecule has 0 atom stereocenters. The molecule has 0 spiro atoms. The average molecular weight is 790 g/mol. The van der Waals surface area contributed by atoms with Crippen LogP contribution >= 0.6 is 22.7 Å². The van der Waals surface area contributed by atoms with Crippen LogP contribution in [0, 0.1) is 0 Å². The molecule has 0 unspecified atom stereocenters. The molecule has 0 saturated carbocycles. The van der Waals surface area contributed by atoms with Gasteiger partial charge in [-0.25, -0.2) is 0 Å². The summed E-state index contributed by atoms with van der Waals surface area (Å²) in [6.07, 6.45) is 1.96. The van der Waals surface area contributed by atoms with Gasteiger partial charge < -0.3 is 14.5 Å². The van der Waals surface area contributed by atoms with Crippen LogP contribution in [0.4, 0.5) is 11.4 Å². The number of rotatable bonds is 7. The van der Waals surface area contributed by atoms with Crippen molar-refractivity contribution in [2.75, 3.05) is 16.5 Å². The third-order valence-electron chi connectivity index (χ3n) is 11.5. The van der Waals surface area contributed by atoms with E-state index in [1.54, 1.807) is 11.3 Å². The van der Waals surface area contributed by atoms with Gasteiger partial charge in [0.25, 0.3) is 0 Å². The van der Waals surface area contributed by atoms with Gasteiger partial charge in [0, 0.05) is 82.4 Å². The van der Waals surface area contributed by atoms with Gasteiger partial charge in [0.15, 0.2) is 5.06 Å². The summed E-state index contributed by atoms with van der Waals surface area (Å²) in [6, 6.07) is 54.4. The molecule has 3 aromatic heterocycles. The predicted octanol–water partition coefficient (Wildman–Crippen LogP) is 15.3. The number of pyridine rings is 1. The molecule has 4 nitrogen and oxygen atoms in total. The highest BCUT2D eigenvalue weighted by molar-refractivity contribution is 7.26. The Morgan fingerprint density at radius 2 is 1.26 bits per heavy atom.